The Morgan fingerprint density at radius 1 is 1.00 bits per heavy atom. The van der Waals surface area contributed by atoms with Crippen LogP contribution in [0, 0.1) is 17.6 Å². The molecular formula is C24H22F2N4O3. The van der Waals surface area contributed by atoms with Crippen LogP contribution in [0.5, 0.6) is 0 Å². The number of carbonyl (C=O) groups is 2. The first-order valence-corrected chi connectivity index (χ1v) is 10.9. The molecule has 170 valence electrons. The Labute approximate surface area is 188 Å². The molecule has 0 atom stereocenters. The van der Waals surface area contributed by atoms with Gasteiger partial charge in [0.05, 0.1) is 16.6 Å². The van der Waals surface area contributed by atoms with Gasteiger partial charge in [-0.25, -0.2) is 13.9 Å². The second kappa shape index (κ2) is 8.38. The van der Waals surface area contributed by atoms with Crippen molar-refractivity contribution >= 4 is 22.6 Å². The quantitative estimate of drug-likeness (QED) is 0.659. The monoisotopic (exact) mass is 452 g/mol. The van der Waals surface area contributed by atoms with Gasteiger partial charge < -0.3 is 9.80 Å². The summed E-state index contributed by atoms with van der Waals surface area (Å²) in [4.78, 5) is 40.4. The molecule has 2 aliphatic rings. The van der Waals surface area contributed by atoms with E-state index in [0.717, 1.165) is 18.9 Å². The highest BCUT2D eigenvalue weighted by Gasteiger charge is 2.35. The van der Waals surface area contributed by atoms with E-state index in [1.165, 1.54) is 11.0 Å². The summed E-state index contributed by atoms with van der Waals surface area (Å²) in [6.07, 6.45) is 1.93. The van der Waals surface area contributed by atoms with Crippen molar-refractivity contribution in [2.45, 2.75) is 19.3 Å². The molecule has 0 unspecified atom stereocenters. The van der Waals surface area contributed by atoms with E-state index in [0.29, 0.717) is 35.1 Å². The number of aromatic nitrogens is 2. The second-order valence-electron chi connectivity index (χ2n) is 8.55. The van der Waals surface area contributed by atoms with Crippen molar-refractivity contribution in [3.8, 4) is 0 Å². The molecule has 5 rings (SSSR count). The summed E-state index contributed by atoms with van der Waals surface area (Å²) in [6, 6.07) is 9.27. The minimum Gasteiger partial charge on any atom is -0.339 e. The van der Waals surface area contributed by atoms with Gasteiger partial charge in [0, 0.05) is 43.9 Å². The normalized spacial score (nSPS) is 16.3. The predicted molar refractivity (Wildman–Crippen MR) is 117 cm³/mol. The number of piperazine rings is 1. The van der Waals surface area contributed by atoms with Gasteiger partial charge >= 0.3 is 0 Å². The van der Waals surface area contributed by atoms with Crippen LogP contribution in [0.4, 0.5) is 8.78 Å². The molecule has 3 aromatic rings. The van der Waals surface area contributed by atoms with Crippen LogP contribution in [0.1, 0.15) is 34.5 Å². The molecule has 1 aliphatic carbocycles. The highest BCUT2D eigenvalue weighted by Crippen LogP contribution is 2.31. The third kappa shape index (κ3) is 4.10. The van der Waals surface area contributed by atoms with Gasteiger partial charge in [0.15, 0.2) is 11.6 Å². The van der Waals surface area contributed by atoms with E-state index in [1.807, 2.05) is 0 Å². The summed E-state index contributed by atoms with van der Waals surface area (Å²) in [7, 11) is 0. The number of carbonyl (C=O) groups excluding carboxylic acids is 2. The molecule has 2 amide bonds. The molecule has 1 saturated carbocycles. The number of fused-ring (bicyclic) bond motifs is 1. The molecule has 1 aromatic heterocycles. The van der Waals surface area contributed by atoms with E-state index >= 15 is 0 Å². The number of benzene rings is 2. The lowest BCUT2D eigenvalue weighted by Gasteiger charge is -2.35. The summed E-state index contributed by atoms with van der Waals surface area (Å²) in [5.41, 5.74) is 0.168. The van der Waals surface area contributed by atoms with Gasteiger partial charge in [0.25, 0.3) is 11.5 Å². The number of nitrogens with zero attached hydrogens (tertiary/aromatic N) is 3. The number of halogens is 2. The van der Waals surface area contributed by atoms with Crippen molar-refractivity contribution < 1.29 is 18.4 Å². The Kier molecular flexibility index (Phi) is 5.39. The number of H-pyrrole nitrogens is 1. The van der Waals surface area contributed by atoms with Gasteiger partial charge in [-0.2, -0.15) is 5.10 Å². The first kappa shape index (κ1) is 21.2. The maximum absolute atomic E-state index is 14.6. The number of aromatic amines is 1. The molecule has 0 bridgehead atoms. The fourth-order valence-electron chi connectivity index (χ4n) is 4.29. The SMILES string of the molecule is O=C(c1cc(Cc2n[nH]c(=O)c3ccccc23)cc(F)c1F)N1CCN(C(=O)C2CC2)CC1. The Hall–Kier alpha value is -3.62. The van der Waals surface area contributed by atoms with Gasteiger partial charge in [-0.1, -0.05) is 18.2 Å². The fourth-order valence-corrected chi connectivity index (χ4v) is 4.29. The van der Waals surface area contributed by atoms with E-state index in [9.17, 15) is 23.2 Å². The first-order valence-electron chi connectivity index (χ1n) is 10.9. The van der Waals surface area contributed by atoms with Crippen LogP contribution in [-0.4, -0.2) is 58.0 Å². The summed E-state index contributed by atoms with van der Waals surface area (Å²) >= 11 is 0. The van der Waals surface area contributed by atoms with Crippen LogP contribution in [-0.2, 0) is 11.2 Å². The molecule has 0 spiro atoms. The third-order valence-electron chi connectivity index (χ3n) is 6.27. The standard InChI is InChI=1S/C24H22F2N4O3/c25-19-12-14(13-20-16-3-1-2-4-17(16)22(31)28-27-20)11-18(21(19)26)24(33)30-9-7-29(8-10-30)23(32)15-5-6-15/h1-4,11-12,15H,5-10,13H2,(H,28,31). The smallest absolute Gasteiger partial charge is 0.272 e. The molecule has 1 saturated heterocycles. The van der Waals surface area contributed by atoms with Crippen molar-refractivity contribution in [1.29, 1.82) is 0 Å². The average Bonchev–Trinajstić information content (AvgIpc) is 3.68. The van der Waals surface area contributed by atoms with Crippen LogP contribution in [0.15, 0.2) is 41.2 Å². The Balaban J connectivity index is 1.38. The zero-order valence-corrected chi connectivity index (χ0v) is 17.8. The van der Waals surface area contributed by atoms with Crippen molar-refractivity contribution in [2.75, 3.05) is 26.2 Å². The number of amides is 2. The van der Waals surface area contributed by atoms with E-state index < -0.39 is 17.5 Å². The summed E-state index contributed by atoms with van der Waals surface area (Å²) in [5.74, 6) is -2.70. The van der Waals surface area contributed by atoms with E-state index in [1.54, 1.807) is 29.2 Å². The van der Waals surface area contributed by atoms with Crippen molar-refractivity contribution in [3.05, 3.63) is 75.2 Å². The predicted octanol–water partition coefficient (Wildman–Crippen LogP) is 2.49. The molecule has 7 nitrogen and oxygen atoms in total. The minimum absolute atomic E-state index is 0.105. The lowest BCUT2D eigenvalue weighted by Crippen LogP contribution is -2.51. The number of hydrogen-bond donors (Lipinski definition) is 1. The van der Waals surface area contributed by atoms with Gasteiger partial charge in [-0.05, 0) is 36.6 Å². The largest absolute Gasteiger partial charge is 0.339 e. The van der Waals surface area contributed by atoms with Crippen LogP contribution < -0.4 is 5.56 Å². The minimum atomic E-state index is -1.19. The molecule has 2 fully saturated rings. The van der Waals surface area contributed by atoms with Crippen LogP contribution in [0.2, 0.25) is 0 Å². The molecule has 33 heavy (non-hydrogen) atoms. The van der Waals surface area contributed by atoms with Gasteiger partial charge in [0.1, 0.15) is 0 Å². The zero-order chi connectivity index (χ0) is 23.1. The van der Waals surface area contributed by atoms with Gasteiger partial charge in [0.2, 0.25) is 5.91 Å². The Bertz CT molecular complexity index is 1310. The molecular weight excluding hydrogens is 430 g/mol. The topological polar surface area (TPSA) is 86.4 Å². The summed E-state index contributed by atoms with van der Waals surface area (Å²) in [6.45, 7) is 1.32. The van der Waals surface area contributed by atoms with E-state index in [4.69, 9.17) is 0 Å². The fraction of sp³-hybridized carbons (Fsp3) is 0.333. The summed E-state index contributed by atoms with van der Waals surface area (Å²) < 4.78 is 29.0. The molecule has 2 heterocycles. The maximum atomic E-state index is 14.6. The third-order valence-corrected chi connectivity index (χ3v) is 6.27. The van der Waals surface area contributed by atoms with Crippen LogP contribution in [0.25, 0.3) is 10.8 Å². The lowest BCUT2D eigenvalue weighted by molar-refractivity contribution is -0.134. The molecule has 2 aromatic carbocycles. The van der Waals surface area contributed by atoms with Crippen LogP contribution >= 0.6 is 0 Å². The van der Waals surface area contributed by atoms with E-state index in [2.05, 4.69) is 10.2 Å². The number of nitrogens with one attached hydrogen (secondary N) is 1. The van der Waals surface area contributed by atoms with Gasteiger partial charge in [-0.3, -0.25) is 14.4 Å². The average molecular weight is 452 g/mol. The van der Waals surface area contributed by atoms with Gasteiger partial charge in [-0.15, -0.1) is 0 Å². The molecule has 1 aliphatic heterocycles. The Morgan fingerprint density at radius 2 is 1.67 bits per heavy atom. The number of hydrogen-bond acceptors (Lipinski definition) is 4. The molecule has 9 heteroatoms. The molecule has 1 N–H and O–H groups in total. The van der Waals surface area contributed by atoms with Crippen molar-refractivity contribution in [3.63, 3.8) is 0 Å². The second-order valence-corrected chi connectivity index (χ2v) is 8.55. The zero-order valence-electron chi connectivity index (χ0n) is 17.8. The first-order chi connectivity index (χ1) is 15.9. The Morgan fingerprint density at radius 3 is 2.36 bits per heavy atom. The number of rotatable bonds is 4. The highest BCUT2D eigenvalue weighted by molar-refractivity contribution is 5.95. The molecule has 0 radical (unpaired) electrons. The maximum Gasteiger partial charge on any atom is 0.272 e. The lowest BCUT2D eigenvalue weighted by atomic mass is 10.0. The van der Waals surface area contributed by atoms with Crippen LogP contribution in [0.3, 0.4) is 0 Å². The van der Waals surface area contributed by atoms with Crippen molar-refractivity contribution in [2.24, 2.45) is 5.92 Å². The van der Waals surface area contributed by atoms with Crippen molar-refractivity contribution in [1.82, 2.24) is 20.0 Å². The van der Waals surface area contributed by atoms with E-state index in [-0.39, 0.29) is 42.5 Å². The summed E-state index contributed by atoms with van der Waals surface area (Å²) in [5, 5.41) is 7.55. The highest BCUT2D eigenvalue weighted by atomic mass is 19.2.